The van der Waals surface area contributed by atoms with Crippen molar-refractivity contribution in [1.82, 2.24) is 9.55 Å². The van der Waals surface area contributed by atoms with Crippen molar-refractivity contribution in [2.24, 2.45) is 0 Å². The standard InChI is InChI=1S/C26H28N2OS2/c1-4-10-22-19(3)23-24(31-22)27-26(30-16-9-14-20-12-6-5-7-13-20)28(25(23)29)21-15-8-11-18(2)17-21/h5-8,11-13,15,17H,4,9-10,14,16H2,1-3H3. The first kappa shape index (κ1) is 21.8. The van der Waals surface area contributed by atoms with E-state index in [0.717, 1.165) is 63.6 Å². The second kappa shape index (κ2) is 9.84. The molecule has 0 N–H and O–H groups in total. The molecule has 4 rings (SSSR count). The number of benzene rings is 2. The number of aromatic nitrogens is 2. The van der Waals surface area contributed by atoms with Crippen LogP contribution in [0.5, 0.6) is 0 Å². The van der Waals surface area contributed by atoms with Crippen molar-refractivity contribution in [2.45, 2.75) is 51.6 Å². The molecule has 0 bridgehead atoms. The van der Waals surface area contributed by atoms with Gasteiger partial charge in [0.25, 0.3) is 5.56 Å². The third-order valence-electron chi connectivity index (χ3n) is 5.45. The number of rotatable bonds is 8. The topological polar surface area (TPSA) is 34.9 Å². The third kappa shape index (κ3) is 4.78. The highest BCUT2D eigenvalue weighted by Crippen LogP contribution is 2.31. The van der Waals surface area contributed by atoms with Crippen LogP contribution in [0.15, 0.2) is 64.5 Å². The zero-order valence-electron chi connectivity index (χ0n) is 18.4. The Hall–Kier alpha value is -2.37. The summed E-state index contributed by atoms with van der Waals surface area (Å²) < 4.78 is 1.82. The van der Waals surface area contributed by atoms with Gasteiger partial charge in [-0.1, -0.05) is 67.6 Å². The van der Waals surface area contributed by atoms with Crippen LogP contribution in [0.1, 0.15) is 41.3 Å². The van der Waals surface area contributed by atoms with Gasteiger partial charge < -0.3 is 0 Å². The fraction of sp³-hybridized carbons (Fsp3) is 0.308. The zero-order valence-corrected chi connectivity index (χ0v) is 20.0. The molecule has 0 saturated heterocycles. The maximum Gasteiger partial charge on any atom is 0.267 e. The van der Waals surface area contributed by atoms with Gasteiger partial charge in [0.15, 0.2) is 5.16 Å². The minimum absolute atomic E-state index is 0.0530. The van der Waals surface area contributed by atoms with Crippen LogP contribution in [-0.2, 0) is 12.8 Å². The first-order chi connectivity index (χ1) is 15.1. The van der Waals surface area contributed by atoms with Crippen molar-refractivity contribution >= 4 is 33.3 Å². The molecule has 2 aromatic heterocycles. The van der Waals surface area contributed by atoms with E-state index in [1.165, 1.54) is 10.4 Å². The van der Waals surface area contributed by atoms with Crippen molar-refractivity contribution < 1.29 is 0 Å². The van der Waals surface area contributed by atoms with Gasteiger partial charge in [0.1, 0.15) is 4.83 Å². The normalized spacial score (nSPS) is 11.3. The Kier molecular flexibility index (Phi) is 6.93. The molecule has 0 amide bonds. The number of fused-ring (bicyclic) bond motifs is 1. The van der Waals surface area contributed by atoms with E-state index < -0.39 is 0 Å². The Balaban J connectivity index is 1.71. The predicted molar refractivity (Wildman–Crippen MR) is 134 cm³/mol. The number of thiophene rings is 1. The van der Waals surface area contributed by atoms with Crippen molar-refractivity contribution in [3.63, 3.8) is 0 Å². The molecule has 2 aromatic carbocycles. The van der Waals surface area contributed by atoms with Crippen molar-refractivity contribution in [2.75, 3.05) is 5.75 Å². The SMILES string of the molecule is CCCc1sc2nc(SCCCc3ccccc3)n(-c3cccc(C)c3)c(=O)c2c1C. The van der Waals surface area contributed by atoms with Gasteiger partial charge >= 0.3 is 0 Å². The maximum atomic E-state index is 13.7. The molecule has 160 valence electrons. The van der Waals surface area contributed by atoms with Crippen LogP contribution < -0.4 is 5.56 Å². The average molecular weight is 449 g/mol. The van der Waals surface area contributed by atoms with E-state index in [2.05, 4.69) is 57.2 Å². The van der Waals surface area contributed by atoms with E-state index in [4.69, 9.17) is 4.98 Å². The zero-order chi connectivity index (χ0) is 21.8. The van der Waals surface area contributed by atoms with Crippen LogP contribution in [0.2, 0.25) is 0 Å². The Morgan fingerprint density at radius 2 is 1.84 bits per heavy atom. The van der Waals surface area contributed by atoms with E-state index in [1.807, 2.05) is 22.8 Å². The van der Waals surface area contributed by atoms with Crippen LogP contribution in [0.3, 0.4) is 0 Å². The molecule has 0 fully saturated rings. The molecule has 0 aliphatic heterocycles. The van der Waals surface area contributed by atoms with Gasteiger partial charge in [0.05, 0.1) is 11.1 Å². The van der Waals surface area contributed by atoms with E-state index in [0.29, 0.717) is 0 Å². The molecular formula is C26H28N2OS2. The second-order valence-corrected chi connectivity index (χ2v) is 10.0. The summed E-state index contributed by atoms with van der Waals surface area (Å²) in [7, 11) is 0. The molecule has 0 aliphatic carbocycles. The van der Waals surface area contributed by atoms with Crippen molar-refractivity contribution in [1.29, 1.82) is 0 Å². The molecule has 4 aromatic rings. The number of thioether (sulfide) groups is 1. The van der Waals surface area contributed by atoms with E-state index >= 15 is 0 Å². The summed E-state index contributed by atoms with van der Waals surface area (Å²) in [6.07, 6.45) is 4.14. The van der Waals surface area contributed by atoms with Gasteiger partial charge in [-0.25, -0.2) is 4.98 Å². The molecular weight excluding hydrogens is 420 g/mol. The lowest BCUT2D eigenvalue weighted by atomic mass is 10.1. The van der Waals surface area contributed by atoms with Crippen LogP contribution in [-0.4, -0.2) is 15.3 Å². The van der Waals surface area contributed by atoms with Crippen LogP contribution in [0.4, 0.5) is 0 Å². The molecule has 0 spiro atoms. The molecule has 0 unspecified atom stereocenters. The minimum Gasteiger partial charge on any atom is -0.268 e. The molecule has 0 aliphatic rings. The fourth-order valence-corrected chi connectivity index (χ4v) is 6.12. The summed E-state index contributed by atoms with van der Waals surface area (Å²) in [5, 5.41) is 1.57. The first-order valence-corrected chi connectivity index (χ1v) is 12.7. The summed E-state index contributed by atoms with van der Waals surface area (Å²) in [6.45, 7) is 6.30. The van der Waals surface area contributed by atoms with E-state index in [9.17, 15) is 4.79 Å². The summed E-state index contributed by atoms with van der Waals surface area (Å²) >= 11 is 3.37. The summed E-state index contributed by atoms with van der Waals surface area (Å²) in [5.41, 5.74) is 4.53. The highest BCUT2D eigenvalue weighted by Gasteiger charge is 2.19. The number of hydrogen-bond acceptors (Lipinski definition) is 4. The van der Waals surface area contributed by atoms with Gasteiger partial charge in [0.2, 0.25) is 0 Å². The lowest BCUT2D eigenvalue weighted by Crippen LogP contribution is -2.21. The van der Waals surface area contributed by atoms with Gasteiger partial charge in [-0.3, -0.25) is 9.36 Å². The third-order valence-corrected chi connectivity index (χ3v) is 7.72. The Morgan fingerprint density at radius 3 is 2.58 bits per heavy atom. The molecule has 31 heavy (non-hydrogen) atoms. The molecule has 5 heteroatoms. The molecule has 2 heterocycles. The first-order valence-electron chi connectivity index (χ1n) is 10.9. The predicted octanol–water partition coefficient (Wildman–Crippen LogP) is 6.74. The highest BCUT2D eigenvalue weighted by molar-refractivity contribution is 7.99. The number of nitrogens with zero attached hydrogens (tertiary/aromatic N) is 2. The summed E-state index contributed by atoms with van der Waals surface area (Å²) in [6, 6.07) is 18.7. The Morgan fingerprint density at radius 1 is 1.03 bits per heavy atom. The van der Waals surface area contributed by atoms with Crippen LogP contribution >= 0.6 is 23.1 Å². The average Bonchev–Trinajstić information content (AvgIpc) is 3.08. The van der Waals surface area contributed by atoms with E-state index in [-0.39, 0.29) is 5.56 Å². The van der Waals surface area contributed by atoms with Gasteiger partial charge in [-0.2, -0.15) is 0 Å². The lowest BCUT2D eigenvalue weighted by Gasteiger charge is -2.13. The fourth-order valence-electron chi connectivity index (χ4n) is 3.85. The largest absolute Gasteiger partial charge is 0.268 e. The van der Waals surface area contributed by atoms with Crippen molar-refractivity contribution in [3.05, 3.63) is 86.5 Å². The molecule has 3 nitrogen and oxygen atoms in total. The minimum atomic E-state index is 0.0530. The molecule has 0 radical (unpaired) electrons. The summed E-state index contributed by atoms with van der Waals surface area (Å²) in [5.74, 6) is 0.921. The second-order valence-electron chi connectivity index (χ2n) is 7.89. The Bertz CT molecular complexity index is 1240. The van der Waals surface area contributed by atoms with Gasteiger partial charge in [-0.15, -0.1) is 11.3 Å². The van der Waals surface area contributed by atoms with Crippen LogP contribution in [0.25, 0.3) is 15.9 Å². The smallest absolute Gasteiger partial charge is 0.267 e. The van der Waals surface area contributed by atoms with Gasteiger partial charge in [-0.05, 0) is 61.9 Å². The summed E-state index contributed by atoms with van der Waals surface area (Å²) in [4.78, 5) is 20.8. The number of hydrogen-bond donors (Lipinski definition) is 0. The van der Waals surface area contributed by atoms with Crippen molar-refractivity contribution in [3.8, 4) is 5.69 Å². The van der Waals surface area contributed by atoms with E-state index in [1.54, 1.807) is 23.1 Å². The molecule has 0 saturated carbocycles. The molecule has 0 atom stereocenters. The lowest BCUT2D eigenvalue weighted by molar-refractivity contribution is 0.817. The maximum absolute atomic E-state index is 13.7. The quantitative estimate of drug-likeness (QED) is 0.170. The van der Waals surface area contributed by atoms with Crippen LogP contribution in [0, 0.1) is 13.8 Å². The van der Waals surface area contributed by atoms with Gasteiger partial charge in [0, 0.05) is 10.6 Å². The highest BCUT2D eigenvalue weighted by atomic mass is 32.2. The Labute approximate surface area is 192 Å². The monoisotopic (exact) mass is 448 g/mol. The number of aryl methyl sites for hydroxylation is 4.